The van der Waals surface area contributed by atoms with Crippen molar-refractivity contribution in [2.45, 2.75) is 19.0 Å². The van der Waals surface area contributed by atoms with E-state index in [1.54, 1.807) is 0 Å². The highest BCUT2D eigenvalue weighted by Gasteiger charge is 2.34. The molecule has 130 valence electrons. The summed E-state index contributed by atoms with van der Waals surface area (Å²) >= 11 is 1.48. The van der Waals surface area contributed by atoms with Gasteiger partial charge in [0, 0.05) is 17.4 Å². The van der Waals surface area contributed by atoms with E-state index >= 15 is 0 Å². The Balaban J connectivity index is 1.61. The first-order valence-corrected chi connectivity index (χ1v) is 8.10. The second-order valence-corrected chi connectivity index (χ2v) is 5.77. The number of benzene rings is 1. The van der Waals surface area contributed by atoms with Gasteiger partial charge in [-0.2, -0.15) is 29.5 Å². The molecule has 0 fully saturated rings. The van der Waals surface area contributed by atoms with Crippen LogP contribution in [0.3, 0.4) is 0 Å². The maximum Gasteiger partial charge on any atom is 0.419 e. The van der Waals surface area contributed by atoms with Crippen LogP contribution in [0.2, 0.25) is 0 Å². The smallest absolute Gasteiger partial charge is 0.419 e. The molecule has 25 heavy (non-hydrogen) atoms. The van der Waals surface area contributed by atoms with E-state index in [2.05, 4.69) is 10.1 Å². The molecule has 0 spiro atoms. The van der Waals surface area contributed by atoms with Crippen LogP contribution in [0, 0.1) is 0 Å². The number of esters is 1. The number of nitrogens with zero attached hydrogens (tertiary/aromatic N) is 2. The maximum atomic E-state index is 12.9. The van der Waals surface area contributed by atoms with Gasteiger partial charge in [0.25, 0.3) is 0 Å². The minimum atomic E-state index is -4.60. The van der Waals surface area contributed by atoms with Crippen molar-refractivity contribution >= 4 is 17.3 Å². The van der Waals surface area contributed by atoms with Crippen molar-refractivity contribution in [3.63, 3.8) is 0 Å². The standard InChI is InChI=1S/C16H11F3N2O3S/c17-16(18,19)11-3-1-2-4-12(11)23-14(22)6-5-13-20-15(21-24-13)10-7-8-25-9-10/h1-4,7-9H,5-6H2. The second kappa shape index (κ2) is 7.06. The predicted octanol–water partition coefficient (Wildman–Crippen LogP) is 4.36. The van der Waals surface area contributed by atoms with Crippen molar-refractivity contribution in [2.75, 3.05) is 0 Å². The average molecular weight is 368 g/mol. The van der Waals surface area contributed by atoms with Crippen LogP contribution in [0.1, 0.15) is 17.9 Å². The first-order chi connectivity index (χ1) is 11.9. The summed E-state index contributed by atoms with van der Waals surface area (Å²) < 4.78 is 48.4. The fourth-order valence-electron chi connectivity index (χ4n) is 2.04. The van der Waals surface area contributed by atoms with Crippen LogP contribution < -0.4 is 4.74 Å². The zero-order chi connectivity index (χ0) is 17.9. The van der Waals surface area contributed by atoms with E-state index in [0.29, 0.717) is 5.82 Å². The SMILES string of the molecule is O=C(CCc1nc(-c2ccsc2)no1)Oc1ccccc1C(F)(F)F. The van der Waals surface area contributed by atoms with Crippen molar-refractivity contribution in [3.05, 3.63) is 52.5 Å². The molecule has 3 rings (SSSR count). The van der Waals surface area contributed by atoms with Crippen molar-refractivity contribution < 1.29 is 27.2 Å². The lowest BCUT2D eigenvalue weighted by Crippen LogP contribution is -2.14. The minimum Gasteiger partial charge on any atom is -0.426 e. The molecule has 0 unspecified atom stereocenters. The van der Waals surface area contributed by atoms with Gasteiger partial charge in [0.1, 0.15) is 5.75 Å². The summed E-state index contributed by atoms with van der Waals surface area (Å²) in [5.41, 5.74) is -0.206. The van der Waals surface area contributed by atoms with Gasteiger partial charge in [0.2, 0.25) is 11.7 Å². The third kappa shape index (κ3) is 4.24. The zero-order valence-electron chi connectivity index (χ0n) is 12.6. The van der Waals surface area contributed by atoms with Crippen molar-refractivity contribution in [1.82, 2.24) is 10.1 Å². The number of carbonyl (C=O) groups excluding carboxylic acids is 1. The number of alkyl halides is 3. The predicted molar refractivity (Wildman–Crippen MR) is 83.0 cm³/mol. The quantitative estimate of drug-likeness (QED) is 0.495. The highest BCUT2D eigenvalue weighted by molar-refractivity contribution is 7.08. The molecular weight excluding hydrogens is 357 g/mol. The average Bonchev–Trinajstić information content (AvgIpc) is 3.24. The summed E-state index contributed by atoms with van der Waals surface area (Å²) in [6.07, 6.45) is -4.71. The normalized spacial score (nSPS) is 11.5. The minimum absolute atomic E-state index is 0.0736. The lowest BCUT2D eigenvalue weighted by Gasteiger charge is -2.12. The summed E-state index contributed by atoms with van der Waals surface area (Å²) in [6, 6.07) is 6.37. The highest BCUT2D eigenvalue weighted by Crippen LogP contribution is 2.36. The molecule has 0 N–H and O–H groups in total. The summed E-state index contributed by atoms with van der Waals surface area (Å²) in [5.74, 6) is -0.731. The number of aryl methyl sites for hydroxylation is 1. The molecule has 0 radical (unpaired) electrons. The second-order valence-electron chi connectivity index (χ2n) is 4.99. The van der Waals surface area contributed by atoms with E-state index < -0.39 is 23.5 Å². The molecule has 0 atom stereocenters. The molecular formula is C16H11F3N2O3S. The molecule has 0 aliphatic rings. The van der Waals surface area contributed by atoms with Crippen LogP contribution in [0.5, 0.6) is 5.75 Å². The van der Waals surface area contributed by atoms with Crippen LogP contribution >= 0.6 is 11.3 Å². The van der Waals surface area contributed by atoms with Gasteiger partial charge in [0.15, 0.2) is 0 Å². The third-order valence-electron chi connectivity index (χ3n) is 3.21. The number of aromatic nitrogens is 2. The molecule has 0 aliphatic carbocycles. The number of halogens is 3. The fraction of sp³-hybridized carbons (Fsp3) is 0.188. The van der Waals surface area contributed by atoms with Gasteiger partial charge in [-0.15, -0.1) is 0 Å². The van der Waals surface area contributed by atoms with Gasteiger partial charge in [-0.3, -0.25) is 4.79 Å². The van der Waals surface area contributed by atoms with Gasteiger partial charge >= 0.3 is 12.1 Å². The number of thiophene rings is 1. The van der Waals surface area contributed by atoms with Crippen LogP contribution in [-0.4, -0.2) is 16.1 Å². The van der Waals surface area contributed by atoms with Crippen molar-refractivity contribution in [3.8, 4) is 17.1 Å². The molecule has 5 nitrogen and oxygen atoms in total. The zero-order valence-corrected chi connectivity index (χ0v) is 13.4. The van der Waals surface area contributed by atoms with Crippen LogP contribution in [0.25, 0.3) is 11.4 Å². The van der Waals surface area contributed by atoms with E-state index in [9.17, 15) is 18.0 Å². The van der Waals surface area contributed by atoms with E-state index in [1.165, 1.54) is 23.5 Å². The van der Waals surface area contributed by atoms with E-state index in [0.717, 1.165) is 17.7 Å². The Morgan fingerprint density at radius 3 is 2.76 bits per heavy atom. The fourth-order valence-corrected chi connectivity index (χ4v) is 2.67. The molecule has 0 saturated heterocycles. The van der Waals surface area contributed by atoms with Crippen molar-refractivity contribution in [2.24, 2.45) is 0 Å². The van der Waals surface area contributed by atoms with E-state index in [4.69, 9.17) is 9.26 Å². The first-order valence-electron chi connectivity index (χ1n) is 7.15. The lowest BCUT2D eigenvalue weighted by atomic mass is 10.2. The number of hydrogen-bond acceptors (Lipinski definition) is 6. The monoisotopic (exact) mass is 368 g/mol. The summed E-state index contributed by atoms with van der Waals surface area (Å²) in [5, 5.41) is 7.49. The number of hydrogen-bond donors (Lipinski definition) is 0. The number of para-hydroxylation sites is 1. The van der Waals surface area contributed by atoms with Crippen LogP contribution in [-0.2, 0) is 17.4 Å². The number of ether oxygens (including phenoxy) is 1. The van der Waals surface area contributed by atoms with Gasteiger partial charge < -0.3 is 9.26 Å². The Bertz CT molecular complexity index is 860. The number of carbonyl (C=O) groups is 1. The molecule has 0 aliphatic heterocycles. The van der Waals surface area contributed by atoms with Crippen LogP contribution in [0.4, 0.5) is 13.2 Å². The molecule has 2 heterocycles. The maximum absolute atomic E-state index is 12.9. The molecule has 0 bridgehead atoms. The van der Waals surface area contributed by atoms with Gasteiger partial charge in [-0.05, 0) is 23.6 Å². The third-order valence-corrected chi connectivity index (χ3v) is 3.89. The summed E-state index contributed by atoms with van der Waals surface area (Å²) in [4.78, 5) is 16.0. The Labute approximate surface area is 144 Å². The number of rotatable bonds is 5. The van der Waals surface area contributed by atoms with Gasteiger partial charge in [-0.1, -0.05) is 17.3 Å². The van der Waals surface area contributed by atoms with Crippen molar-refractivity contribution in [1.29, 1.82) is 0 Å². The van der Waals surface area contributed by atoms with Gasteiger partial charge in [-0.25, -0.2) is 0 Å². The Hall–Kier alpha value is -2.68. The molecule has 0 saturated carbocycles. The lowest BCUT2D eigenvalue weighted by molar-refractivity contribution is -0.142. The highest BCUT2D eigenvalue weighted by atomic mass is 32.1. The topological polar surface area (TPSA) is 65.2 Å². The first kappa shape index (κ1) is 17.2. The molecule has 1 aromatic carbocycles. The van der Waals surface area contributed by atoms with Crippen LogP contribution in [0.15, 0.2) is 45.6 Å². The molecule has 0 amide bonds. The summed E-state index contributed by atoms with van der Waals surface area (Å²) in [6.45, 7) is 0. The molecule has 3 aromatic rings. The molecule has 2 aromatic heterocycles. The van der Waals surface area contributed by atoms with E-state index in [1.807, 2.05) is 16.8 Å². The molecule has 9 heteroatoms. The van der Waals surface area contributed by atoms with Gasteiger partial charge in [0.05, 0.1) is 12.0 Å². The largest absolute Gasteiger partial charge is 0.426 e. The van der Waals surface area contributed by atoms with E-state index in [-0.39, 0.29) is 18.7 Å². The summed E-state index contributed by atoms with van der Waals surface area (Å²) in [7, 11) is 0. The Morgan fingerprint density at radius 2 is 2.04 bits per heavy atom. The Morgan fingerprint density at radius 1 is 1.24 bits per heavy atom. The Kier molecular flexibility index (Phi) is 4.84.